The standard InChI is InChI=1S/C22H36N4O2.HI/c1-5-24-22(26-13-10-18(11-14-26)16-21(27)23-4)25-12-15-28-20-8-6-19(7-9-20)17(2)3;/h6-9,17-18H,5,10-16H2,1-4H3,(H,23,27)(H,24,25);1H. The van der Waals surface area contributed by atoms with E-state index in [-0.39, 0.29) is 29.9 Å². The number of carbonyl (C=O) groups excluding carboxylic acids is 1. The number of hydrogen-bond acceptors (Lipinski definition) is 3. The first-order chi connectivity index (χ1) is 13.5. The number of carbonyl (C=O) groups is 1. The molecule has 1 aromatic carbocycles. The molecule has 1 aliphatic rings. The topological polar surface area (TPSA) is 66.0 Å². The summed E-state index contributed by atoms with van der Waals surface area (Å²) in [5.74, 6) is 2.97. The van der Waals surface area contributed by atoms with Gasteiger partial charge in [0.2, 0.25) is 5.91 Å². The van der Waals surface area contributed by atoms with Crippen molar-refractivity contribution in [2.45, 2.75) is 46.0 Å². The molecule has 0 aromatic heterocycles. The van der Waals surface area contributed by atoms with E-state index in [1.165, 1.54) is 5.56 Å². The van der Waals surface area contributed by atoms with Crippen molar-refractivity contribution in [2.75, 3.05) is 39.8 Å². The monoisotopic (exact) mass is 516 g/mol. The van der Waals surface area contributed by atoms with Crippen LogP contribution < -0.4 is 15.4 Å². The predicted molar refractivity (Wildman–Crippen MR) is 130 cm³/mol. The molecule has 2 N–H and O–H groups in total. The molecular formula is C22H37IN4O2. The molecule has 1 fully saturated rings. The van der Waals surface area contributed by atoms with Gasteiger partial charge in [-0.25, -0.2) is 4.99 Å². The number of halogens is 1. The van der Waals surface area contributed by atoms with Crippen LogP contribution in [0.4, 0.5) is 0 Å². The van der Waals surface area contributed by atoms with Crippen LogP contribution in [0.25, 0.3) is 0 Å². The smallest absolute Gasteiger partial charge is 0.220 e. The summed E-state index contributed by atoms with van der Waals surface area (Å²) in [6.07, 6.45) is 2.68. The lowest BCUT2D eigenvalue weighted by atomic mass is 9.93. The zero-order valence-electron chi connectivity index (χ0n) is 18.2. The molecule has 2 rings (SSSR count). The average Bonchev–Trinajstić information content (AvgIpc) is 2.71. The Morgan fingerprint density at radius 3 is 2.45 bits per heavy atom. The van der Waals surface area contributed by atoms with Gasteiger partial charge >= 0.3 is 0 Å². The molecule has 0 unspecified atom stereocenters. The fourth-order valence-corrected chi connectivity index (χ4v) is 3.40. The third kappa shape index (κ3) is 8.80. The van der Waals surface area contributed by atoms with E-state index in [0.29, 0.717) is 31.4 Å². The zero-order chi connectivity index (χ0) is 20.4. The van der Waals surface area contributed by atoms with Gasteiger partial charge in [0.25, 0.3) is 0 Å². The highest BCUT2D eigenvalue weighted by Gasteiger charge is 2.22. The largest absolute Gasteiger partial charge is 0.492 e. The van der Waals surface area contributed by atoms with E-state index in [4.69, 9.17) is 9.73 Å². The number of hydrogen-bond donors (Lipinski definition) is 2. The molecule has 1 heterocycles. The van der Waals surface area contributed by atoms with Gasteiger partial charge in [-0.3, -0.25) is 4.79 Å². The van der Waals surface area contributed by atoms with Gasteiger partial charge in [0, 0.05) is 33.1 Å². The number of rotatable bonds is 8. The summed E-state index contributed by atoms with van der Waals surface area (Å²) in [5.41, 5.74) is 1.32. The molecule has 1 aromatic rings. The maximum absolute atomic E-state index is 11.6. The summed E-state index contributed by atoms with van der Waals surface area (Å²) >= 11 is 0. The second-order valence-electron chi connectivity index (χ2n) is 7.62. The van der Waals surface area contributed by atoms with E-state index in [2.05, 4.69) is 48.4 Å². The van der Waals surface area contributed by atoms with Gasteiger partial charge in [-0.1, -0.05) is 26.0 Å². The zero-order valence-corrected chi connectivity index (χ0v) is 20.6. The van der Waals surface area contributed by atoms with E-state index in [1.54, 1.807) is 7.05 Å². The van der Waals surface area contributed by atoms with E-state index in [1.807, 2.05) is 12.1 Å². The Kier molecular flexibility index (Phi) is 12.0. The van der Waals surface area contributed by atoms with Gasteiger partial charge in [-0.05, 0) is 49.3 Å². The molecule has 0 radical (unpaired) electrons. The maximum atomic E-state index is 11.6. The van der Waals surface area contributed by atoms with Crippen LogP contribution in [0.15, 0.2) is 29.3 Å². The lowest BCUT2D eigenvalue weighted by Gasteiger charge is -2.34. The number of amides is 1. The Hall–Kier alpha value is -1.51. The molecule has 29 heavy (non-hydrogen) atoms. The Bertz CT molecular complexity index is 626. The summed E-state index contributed by atoms with van der Waals surface area (Å²) in [7, 11) is 1.70. The highest BCUT2D eigenvalue weighted by molar-refractivity contribution is 14.0. The number of piperidine rings is 1. The van der Waals surface area contributed by atoms with E-state index in [9.17, 15) is 4.79 Å². The highest BCUT2D eigenvalue weighted by Crippen LogP contribution is 2.21. The maximum Gasteiger partial charge on any atom is 0.220 e. The van der Waals surface area contributed by atoms with Crippen molar-refractivity contribution in [3.8, 4) is 5.75 Å². The lowest BCUT2D eigenvalue weighted by molar-refractivity contribution is -0.121. The van der Waals surface area contributed by atoms with Crippen molar-refractivity contribution < 1.29 is 9.53 Å². The Morgan fingerprint density at radius 2 is 1.90 bits per heavy atom. The molecule has 164 valence electrons. The summed E-state index contributed by atoms with van der Waals surface area (Å²) in [5, 5.41) is 6.10. The summed E-state index contributed by atoms with van der Waals surface area (Å²) in [4.78, 5) is 18.6. The van der Waals surface area contributed by atoms with Crippen molar-refractivity contribution >= 4 is 35.8 Å². The molecule has 6 nitrogen and oxygen atoms in total. The molecule has 0 saturated carbocycles. The second-order valence-corrected chi connectivity index (χ2v) is 7.62. The summed E-state index contributed by atoms with van der Waals surface area (Å²) in [6.45, 7) is 10.4. The highest BCUT2D eigenvalue weighted by atomic mass is 127. The van der Waals surface area contributed by atoms with Crippen molar-refractivity contribution in [3.05, 3.63) is 29.8 Å². The van der Waals surface area contributed by atoms with Crippen LogP contribution in [0, 0.1) is 5.92 Å². The van der Waals surface area contributed by atoms with Crippen molar-refractivity contribution in [2.24, 2.45) is 10.9 Å². The Labute approximate surface area is 192 Å². The van der Waals surface area contributed by atoms with E-state index < -0.39 is 0 Å². The SMILES string of the molecule is CCNC(=NCCOc1ccc(C(C)C)cc1)N1CCC(CC(=O)NC)CC1.I. The molecule has 1 aliphatic heterocycles. The first-order valence-corrected chi connectivity index (χ1v) is 10.5. The molecule has 0 spiro atoms. The van der Waals surface area contributed by atoms with Crippen molar-refractivity contribution in [1.29, 1.82) is 0 Å². The van der Waals surface area contributed by atoms with Gasteiger partial charge in [-0.2, -0.15) is 0 Å². The Morgan fingerprint density at radius 1 is 1.24 bits per heavy atom. The molecule has 0 bridgehead atoms. The molecule has 1 saturated heterocycles. The third-order valence-corrected chi connectivity index (χ3v) is 5.17. The van der Waals surface area contributed by atoms with Crippen LogP contribution in [0.1, 0.15) is 51.5 Å². The molecule has 0 atom stereocenters. The van der Waals surface area contributed by atoms with Gasteiger partial charge < -0.3 is 20.3 Å². The average molecular weight is 516 g/mol. The first-order valence-electron chi connectivity index (χ1n) is 10.5. The fourth-order valence-electron chi connectivity index (χ4n) is 3.40. The minimum Gasteiger partial charge on any atom is -0.492 e. The number of nitrogens with one attached hydrogen (secondary N) is 2. The minimum absolute atomic E-state index is 0. The fraction of sp³-hybridized carbons (Fsp3) is 0.636. The van der Waals surface area contributed by atoms with Gasteiger partial charge in [0.1, 0.15) is 12.4 Å². The number of benzene rings is 1. The summed E-state index contributed by atoms with van der Waals surface area (Å²) in [6, 6.07) is 8.30. The third-order valence-electron chi connectivity index (χ3n) is 5.17. The van der Waals surface area contributed by atoms with Crippen LogP contribution in [0.2, 0.25) is 0 Å². The quantitative estimate of drug-likeness (QED) is 0.240. The van der Waals surface area contributed by atoms with Crippen LogP contribution in [0.3, 0.4) is 0 Å². The van der Waals surface area contributed by atoms with E-state index in [0.717, 1.165) is 44.2 Å². The first kappa shape index (κ1) is 25.5. The molecule has 7 heteroatoms. The van der Waals surface area contributed by atoms with Gasteiger partial charge in [-0.15, -0.1) is 24.0 Å². The predicted octanol–water partition coefficient (Wildman–Crippen LogP) is 3.62. The minimum atomic E-state index is 0. The van der Waals surface area contributed by atoms with Crippen LogP contribution >= 0.6 is 24.0 Å². The van der Waals surface area contributed by atoms with Crippen LogP contribution in [0.5, 0.6) is 5.75 Å². The normalized spacial score (nSPS) is 15.1. The van der Waals surface area contributed by atoms with Gasteiger partial charge in [0.05, 0.1) is 6.54 Å². The van der Waals surface area contributed by atoms with E-state index >= 15 is 0 Å². The number of aliphatic imine (C=N–C) groups is 1. The van der Waals surface area contributed by atoms with Crippen molar-refractivity contribution in [1.82, 2.24) is 15.5 Å². The molecular weight excluding hydrogens is 479 g/mol. The van der Waals surface area contributed by atoms with Crippen LogP contribution in [-0.2, 0) is 4.79 Å². The van der Waals surface area contributed by atoms with Crippen LogP contribution in [-0.4, -0.2) is 56.6 Å². The van der Waals surface area contributed by atoms with Crippen molar-refractivity contribution in [3.63, 3.8) is 0 Å². The molecule has 0 aliphatic carbocycles. The Balaban J connectivity index is 0.00000420. The number of ether oxygens (including phenoxy) is 1. The number of guanidine groups is 1. The van der Waals surface area contributed by atoms with Gasteiger partial charge in [0.15, 0.2) is 5.96 Å². The number of likely N-dealkylation sites (tertiary alicyclic amines) is 1. The number of nitrogens with zero attached hydrogens (tertiary/aromatic N) is 2. The summed E-state index contributed by atoms with van der Waals surface area (Å²) < 4.78 is 5.83. The molecule has 1 amide bonds. The lowest BCUT2D eigenvalue weighted by Crippen LogP contribution is -2.46. The second kappa shape index (κ2) is 13.7.